The van der Waals surface area contributed by atoms with Crippen LogP contribution in [-0.4, -0.2) is 22.6 Å². The average molecular weight is 282 g/mol. The Kier molecular flexibility index (Phi) is 3.85. The smallest absolute Gasteiger partial charge is 0.315 e. The van der Waals surface area contributed by atoms with Crippen LogP contribution in [0.25, 0.3) is 0 Å². The van der Waals surface area contributed by atoms with Crippen molar-refractivity contribution in [1.82, 2.24) is 4.98 Å². The molecule has 1 saturated carbocycles. The minimum atomic E-state index is -0.921. The number of rotatable bonds is 6. The lowest BCUT2D eigenvalue weighted by molar-refractivity contribution is -0.142. The van der Waals surface area contributed by atoms with E-state index in [1.807, 2.05) is 5.38 Å². The zero-order chi connectivity index (χ0) is 14.1. The van der Waals surface area contributed by atoms with Gasteiger partial charge in [0.2, 0.25) is 0 Å². The average Bonchev–Trinajstić information content (AvgIpc) is 2.77. The number of nitrogens with one attached hydrogen (secondary N) is 1. The van der Waals surface area contributed by atoms with Crippen molar-refractivity contribution in [3.05, 3.63) is 11.1 Å². The van der Waals surface area contributed by atoms with Gasteiger partial charge in [0, 0.05) is 11.9 Å². The first kappa shape index (κ1) is 14.3. The number of hydrogen-bond donors (Lipinski definition) is 2. The Balaban J connectivity index is 2.00. The van der Waals surface area contributed by atoms with E-state index < -0.39 is 11.4 Å². The lowest BCUT2D eigenvalue weighted by atomic mass is 9.67. The third-order valence-corrected chi connectivity index (χ3v) is 5.26. The molecule has 1 aromatic rings. The summed E-state index contributed by atoms with van der Waals surface area (Å²) in [4.78, 5) is 15.6. The summed E-state index contributed by atoms with van der Waals surface area (Å²) < 4.78 is 0. The largest absolute Gasteiger partial charge is 0.481 e. The summed E-state index contributed by atoms with van der Waals surface area (Å²) in [6.45, 7) is 6.56. The minimum absolute atomic E-state index is 0.439. The van der Waals surface area contributed by atoms with E-state index in [4.69, 9.17) is 0 Å². The van der Waals surface area contributed by atoms with Gasteiger partial charge in [-0.15, -0.1) is 11.3 Å². The van der Waals surface area contributed by atoms with Crippen LogP contribution in [0.5, 0.6) is 0 Å². The van der Waals surface area contributed by atoms with Gasteiger partial charge in [-0.3, -0.25) is 4.79 Å². The predicted octanol–water partition coefficient (Wildman–Crippen LogP) is 3.50. The molecule has 0 atom stereocenters. The molecular weight excluding hydrogens is 260 g/mol. The molecule has 106 valence electrons. The van der Waals surface area contributed by atoms with Gasteiger partial charge in [0.05, 0.1) is 5.69 Å². The standard InChI is InChI=1S/C14H22N2O2S/c1-4-14(6-5-7-14)9-15-12-16-10(8-19-12)13(2,3)11(17)18/h8H,4-7,9H2,1-3H3,(H,15,16)(H,17,18). The first-order valence-electron chi connectivity index (χ1n) is 6.83. The summed E-state index contributed by atoms with van der Waals surface area (Å²) in [6.07, 6.45) is 5.09. The summed E-state index contributed by atoms with van der Waals surface area (Å²) >= 11 is 1.49. The second-order valence-corrected chi connectivity index (χ2v) is 6.89. The molecule has 0 bridgehead atoms. The third-order valence-electron chi connectivity index (χ3n) is 4.46. The van der Waals surface area contributed by atoms with Crippen LogP contribution in [-0.2, 0) is 10.2 Å². The van der Waals surface area contributed by atoms with Crippen molar-refractivity contribution < 1.29 is 9.90 Å². The molecule has 0 aromatic carbocycles. The van der Waals surface area contributed by atoms with Gasteiger partial charge in [-0.25, -0.2) is 4.98 Å². The van der Waals surface area contributed by atoms with Gasteiger partial charge in [0.15, 0.2) is 5.13 Å². The van der Waals surface area contributed by atoms with Crippen molar-refractivity contribution in [3.63, 3.8) is 0 Å². The number of hydrogen-bond acceptors (Lipinski definition) is 4. The fourth-order valence-electron chi connectivity index (χ4n) is 2.35. The van der Waals surface area contributed by atoms with Crippen LogP contribution in [0.3, 0.4) is 0 Å². The maximum absolute atomic E-state index is 11.2. The van der Waals surface area contributed by atoms with Gasteiger partial charge in [0.1, 0.15) is 5.41 Å². The van der Waals surface area contributed by atoms with Crippen molar-refractivity contribution in [2.24, 2.45) is 5.41 Å². The van der Waals surface area contributed by atoms with E-state index in [0.717, 1.165) is 11.7 Å². The van der Waals surface area contributed by atoms with Crippen molar-refractivity contribution in [3.8, 4) is 0 Å². The van der Waals surface area contributed by atoms with Crippen molar-refractivity contribution in [2.75, 3.05) is 11.9 Å². The highest BCUT2D eigenvalue weighted by atomic mass is 32.1. The zero-order valence-electron chi connectivity index (χ0n) is 11.8. The van der Waals surface area contributed by atoms with E-state index in [2.05, 4.69) is 17.2 Å². The van der Waals surface area contributed by atoms with Gasteiger partial charge in [-0.05, 0) is 38.5 Å². The van der Waals surface area contributed by atoms with Crippen LogP contribution >= 0.6 is 11.3 Å². The topological polar surface area (TPSA) is 62.2 Å². The van der Waals surface area contributed by atoms with Gasteiger partial charge in [0.25, 0.3) is 0 Å². The summed E-state index contributed by atoms with van der Waals surface area (Å²) in [5, 5.41) is 15.3. The Morgan fingerprint density at radius 3 is 2.74 bits per heavy atom. The summed E-state index contributed by atoms with van der Waals surface area (Å²) in [6, 6.07) is 0. The van der Waals surface area contributed by atoms with E-state index in [1.165, 1.54) is 37.0 Å². The second-order valence-electron chi connectivity index (χ2n) is 6.03. The van der Waals surface area contributed by atoms with Crippen LogP contribution in [0.1, 0.15) is 52.1 Å². The summed E-state index contributed by atoms with van der Waals surface area (Å²) in [7, 11) is 0. The molecule has 0 spiro atoms. The molecule has 0 unspecified atom stereocenters. The Morgan fingerprint density at radius 2 is 2.26 bits per heavy atom. The number of thiazole rings is 1. The molecule has 2 N–H and O–H groups in total. The maximum Gasteiger partial charge on any atom is 0.315 e. The number of anilines is 1. The first-order chi connectivity index (χ1) is 8.89. The summed E-state index contributed by atoms with van der Waals surface area (Å²) in [5.41, 5.74) is 0.149. The van der Waals surface area contributed by atoms with Crippen LogP contribution < -0.4 is 5.32 Å². The highest BCUT2D eigenvalue weighted by Crippen LogP contribution is 2.43. The minimum Gasteiger partial charge on any atom is -0.481 e. The molecule has 0 saturated heterocycles. The molecule has 4 nitrogen and oxygen atoms in total. The molecule has 0 radical (unpaired) electrons. The number of aliphatic carboxylic acids is 1. The maximum atomic E-state index is 11.2. The highest BCUT2D eigenvalue weighted by molar-refractivity contribution is 7.13. The van der Waals surface area contributed by atoms with E-state index in [9.17, 15) is 9.90 Å². The molecule has 1 aliphatic carbocycles. The van der Waals surface area contributed by atoms with Gasteiger partial charge in [-0.2, -0.15) is 0 Å². The van der Waals surface area contributed by atoms with Gasteiger partial charge >= 0.3 is 5.97 Å². The highest BCUT2D eigenvalue weighted by Gasteiger charge is 2.35. The number of aromatic nitrogens is 1. The zero-order valence-corrected chi connectivity index (χ0v) is 12.6. The Morgan fingerprint density at radius 1 is 1.58 bits per heavy atom. The Bertz CT molecular complexity index is 458. The normalized spacial score (nSPS) is 17.8. The van der Waals surface area contributed by atoms with Crippen LogP contribution in [0.4, 0.5) is 5.13 Å². The predicted molar refractivity (Wildman–Crippen MR) is 77.8 cm³/mol. The van der Waals surface area contributed by atoms with Crippen LogP contribution in [0, 0.1) is 5.41 Å². The quantitative estimate of drug-likeness (QED) is 0.838. The van der Waals surface area contributed by atoms with E-state index in [-0.39, 0.29) is 0 Å². The van der Waals surface area contributed by atoms with E-state index >= 15 is 0 Å². The fraction of sp³-hybridized carbons (Fsp3) is 0.714. The molecule has 1 aliphatic rings. The summed E-state index contributed by atoms with van der Waals surface area (Å²) in [5.74, 6) is -0.839. The van der Waals surface area contributed by atoms with Crippen molar-refractivity contribution >= 4 is 22.4 Å². The number of carboxylic acid groups (broad SMARTS) is 1. The molecule has 19 heavy (non-hydrogen) atoms. The lowest BCUT2D eigenvalue weighted by Gasteiger charge is -2.41. The Labute approximate surface area is 118 Å². The lowest BCUT2D eigenvalue weighted by Crippen LogP contribution is -2.35. The number of carbonyl (C=O) groups is 1. The van der Waals surface area contributed by atoms with Gasteiger partial charge in [-0.1, -0.05) is 13.3 Å². The van der Waals surface area contributed by atoms with Gasteiger partial charge < -0.3 is 10.4 Å². The molecule has 1 heterocycles. The molecule has 0 aliphatic heterocycles. The van der Waals surface area contributed by atoms with Crippen LogP contribution in [0.2, 0.25) is 0 Å². The molecular formula is C14H22N2O2S. The number of carboxylic acids is 1. The SMILES string of the molecule is CCC1(CNc2nc(C(C)(C)C(=O)O)cs2)CCC1. The number of nitrogens with zero attached hydrogens (tertiary/aromatic N) is 1. The second kappa shape index (κ2) is 5.12. The molecule has 2 rings (SSSR count). The third kappa shape index (κ3) is 2.76. The fourth-order valence-corrected chi connectivity index (χ4v) is 3.22. The molecule has 0 amide bonds. The molecule has 1 aromatic heterocycles. The van der Waals surface area contributed by atoms with E-state index in [0.29, 0.717) is 11.1 Å². The monoisotopic (exact) mass is 282 g/mol. The van der Waals surface area contributed by atoms with Crippen LogP contribution in [0.15, 0.2) is 5.38 Å². The van der Waals surface area contributed by atoms with Crippen molar-refractivity contribution in [1.29, 1.82) is 0 Å². The molecule has 5 heteroatoms. The molecule has 1 fully saturated rings. The van der Waals surface area contributed by atoms with Crippen molar-refractivity contribution in [2.45, 2.75) is 51.9 Å². The first-order valence-corrected chi connectivity index (χ1v) is 7.71. The Hall–Kier alpha value is -1.10. The van der Waals surface area contributed by atoms with E-state index in [1.54, 1.807) is 13.8 Å².